The first-order chi connectivity index (χ1) is 11.5. The van der Waals surface area contributed by atoms with Gasteiger partial charge in [0.25, 0.3) is 5.69 Å². The van der Waals surface area contributed by atoms with Crippen molar-refractivity contribution in [3.63, 3.8) is 0 Å². The van der Waals surface area contributed by atoms with Crippen molar-refractivity contribution in [3.8, 4) is 11.5 Å². The Kier molecular flexibility index (Phi) is 5.51. The summed E-state index contributed by atoms with van der Waals surface area (Å²) in [6, 6.07) is 10.8. The molecule has 2 aromatic rings. The van der Waals surface area contributed by atoms with Crippen molar-refractivity contribution in [1.29, 1.82) is 0 Å². The van der Waals surface area contributed by atoms with Crippen LogP contribution in [0.5, 0.6) is 11.5 Å². The second-order valence-electron chi connectivity index (χ2n) is 4.73. The zero-order valence-electron chi connectivity index (χ0n) is 13.2. The van der Waals surface area contributed by atoms with E-state index in [0.29, 0.717) is 22.7 Å². The lowest BCUT2D eigenvalue weighted by molar-refractivity contribution is -0.384. The molecule has 0 aliphatic heterocycles. The first kappa shape index (κ1) is 17.0. The normalized spacial score (nSPS) is 10.4. The van der Waals surface area contributed by atoms with Gasteiger partial charge in [0.15, 0.2) is 0 Å². The number of hydrogen-bond donors (Lipinski definition) is 1. The topological polar surface area (TPSA) is 90.7 Å². The van der Waals surface area contributed by atoms with Gasteiger partial charge in [-0.05, 0) is 36.4 Å². The van der Waals surface area contributed by atoms with Gasteiger partial charge in [0, 0.05) is 29.5 Å². The number of anilines is 1. The molecule has 24 heavy (non-hydrogen) atoms. The van der Waals surface area contributed by atoms with Gasteiger partial charge < -0.3 is 14.8 Å². The van der Waals surface area contributed by atoms with E-state index in [4.69, 9.17) is 9.47 Å². The van der Waals surface area contributed by atoms with Crippen LogP contribution in [0.1, 0.15) is 5.56 Å². The van der Waals surface area contributed by atoms with Gasteiger partial charge in [-0.15, -0.1) is 0 Å². The van der Waals surface area contributed by atoms with Crippen molar-refractivity contribution in [2.45, 2.75) is 0 Å². The molecule has 0 radical (unpaired) electrons. The monoisotopic (exact) mass is 328 g/mol. The number of ether oxygens (including phenoxy) is 2. The third kappa shape index (κ3) is 4.33. The van der Waals surface area contributed by atoms with Gasteiger partial charge in [-0.3, -0.25) is 14.9 Å². The van der Waals surface area contributed by atoms with E-state index in [9.17, 15) is 14.9 Å². The number of benzene rings is 2. The number of nitrogens with zero attached hydrogens (tertiary/aromatic N) is 1. The first-order valence-corrected chi connectivity index (χ1v) is 6.99. The van der Waals surface area contributed by atoms with Crippen molar-refractivity contribution >= 4 is 23.4 Å². The van der Waals surface area contributed by atoms with Crippen LogP contribution in [-0.2, 0) is 4.79 Å². The molecule has 2 rings (SSSR count). The maximum atomic E-state index is 12.0. The van der Waals surface area contributed by atoms with E-state index in [1.54, 1.807) is 31.4 Å². The smallest absolute Gasteiger partial charge is 0.269 e. The molecule has 2 aromatic carbocycles. The van der Waals surface area contributed by atoms with Crippen LogP contribution in [0, 0.1) is 10.1 Å². The summed E-state index contributed by atoms with van der Waals surface area (Å²) in [4.78, 5) is 22.0. The van der Waals surface area contributed by atoms with Crippen LogP contribution >= 0.6 is 0 Å². The van der Waals surface area contributed by atoms with Crippen molar-refractivity contribution in [2.75, 3.05) is 19.5 Å². The van der Waals surface area contributed by atoms with E-state index in [1.165, 1.54) is 37.5 Å². The molecule has 0 unspecified atom stereocenters. The molecule has 0 spiro atoms. The van der Waals surface area contributed by atoms with E-state index in [-0.39, 0.29) is 11.6 Å². The van der Waals surface area contributed by atoms with E-state index in [0.717, 1.165) is 0 Å². The number of non-ortho nitro benzene ring substituents is 1. The van der Waals surface area contributed by atoms with Crippen LogP contribution in [0.4, 0.5) is 11.4 Å². The molecule has 1 amide bonds. The molecule has 0 aliphatic rings. The Bertz CT molecular complexity index is 769. The molecule has 124 valence electrons. The number of hydrogen-bond acceptors (Lipinski definition) is 5. The minimum Gasteiger partial charge on any atom is -0.497 e. The Morgan fingerprint density at radius 3 is 2.42 bits per heavy atom. The lowest BCUT2D eigenvalue weighted by Crippen LogP contribution is -2.07. The minimum atomic E-state index is -0.499. The largest absolute Gasteiger partial charge is 0.497 e. The molecular weight excluding hydrogens is 312 g/mol. The Hall–Kier alpha value is -3.35. The SMILES string of the molecule is COc1ccc(OC)c(/C=C/C(=O)Nc2ccc([N+](=O)[O-])cc2)c1. The quantitative estimate of drug-likeness (QED) is 0.499. The summed E-state index contributed by atoms with van der Waals surface area (Å²) >= 11 is 0. The summed E-state index contributed by atoms with van der Waals surface area (Å²) in [6.45, 7) is 0. The van der Waals surface area contributed by atoms with Gasteiger partial charge in [-0.25, -0.2) is 0 Å². The summed E-state index contributed by atoms with van der Waals surface area (Å²) in [6.07, 6.45) is 2.95. The number of rotatable bonds is 6. The van der Waals surface area contributed by atoms with Gasteiger partial charge in [-0.2, -0.15) is 0 Å². The van der Waals surface area contributed by atoms with E-state index in [1.807, 2.05) is 0 Å². The van der Waals surface area contributed by atoms with Crippen molar-refractivity contribution < 1.29 is 19.2 Å². The summed E-state index contributed by atoms with van der Waals surface area (Å²) in [7, 11) is 3.09. The zero-order valence-corrected chi connectivity index (χ0v) is 13.2. The molecule has 0 fully saturated rings. The van der Waals surface area contributed by atoms with Crippen LogP contribution in [-0.4, -0.2) is 25.1 Å². The third-order valence-electron chi connectivity index (χ3n) is 3.20. The molecule has 1 N–H and O–H groups in total. The summed E-state index contributed by atoms with van der Waals surface area (Å²) < 4.78 is 10.4. The Labute approximate surface area is 138 Å². The molecular formula is C17H16N2O5. The van der Waals surface area contributed by atoms with Gasteiger partial charge >= 0.3 is 0 Å². The number of carbonyl (C=O) groups is 1. The molecule has 0 aromatic heterocycles. The lowest BCUT2D eigenvalue weighted by Gasteiger charge is -2.07. The van der Waals surface area contributed by atoms with E-state index in [2.05, 4.69) is 5.32 Å². The van der Waals surface area contributed by atoms with E-state index >= 15 is 0 Å². The highest BCUT2D eigenvalue weighted by atomic mass is 16.6. The van der Waals surface area contributed by atoms with E-state index < -0.39 is 4.92 Å². The number of carbonyl (C=O) groups excluding carboxylic acids is 1. The number of nitro groups is 1. The van der Waals surface area contributed by atoms with Gasteiger partial charge in [0.05, 0.1) is 19.1 Å². The second kappa shape index (κ2) is 7.77. The second-order valence-corrected chi connectivity index (χ2v) is 4.73. The number of methoxy groups -OCH3 is 2. The zero-order chi connectivity index (χ0) is 17.5. The van der Waals surface area contributed by atoms with Crippen molar-refractivity contribution in [2.24, 2.45) is 0 Å². The summed E-state index contributed by atoms with van der Waals surface area (Å²) in [5.74, 6) is 0.884. The molecule has 0 atom stereocenters. The standard InChI is InChI=1S/C17H16N2O5/c1-23-15-8-9-16(24-2)12(11-15)3-10-17(20)18-13-4-6-14(7-5-13)19(21)22/h3-11H,1-2H3,(H,18,20)/b10-3+. The maximum Gasteiger partial charge on any atom is 0.269 e. The summed E-state index contributed by atoms with van der Waals surface area (Å²) in [5.41, 5.74) is 1.12. The molecule has 0 aliphatic carbocycles. The van der Waals surface area contributed by atoms with Crippen LogP contribution < -0.4 is 14.8 Å². The van der Waals surface area contributed by atoms with Crippen LogP contribution in [0.15, 0.2) is 48.5 Å². The van der Waals surface area contributed by atoms with Crippen LogP contribution in [0.3, 0.4) is 0 Å². The molecule has 0 saturated carbocycles. The first-order valence-electron chi connectivity index (χ1n) is 6.99. The highest BCUT2D eigenvalue weighted by molar-refractivity contribution is 6.02. The fourth-order valence-electron chi connectivity index (χ4n) is 1.99. The van der Waals surface area contributed by atoms with Crippen molar-refractivity contribution in [1.82, 2.24) is 0 Å². The Morgan fingerprint density at radius 1 is 1.12 bits per heavy atom. The molecule has 7 heteroatoms. The van der Waals surface area contributed by atoms with Crippen molar-refractivity contribution in [3.05, 3.63) is 64.2 Å². The highest BCUT2D eigenvalue weighted by Crippen LogP contribution is 2.25. The third-order valence-corrected chi connectivity index (χ3v) is 3.20. The molecule has 0 saturated heterocycles. The van der Waals surface area contributed by atoms with Gasteiger partial charge in [-0.1, -0.05) is 0 Å². The average Bonchev–Trinajstić information content (AvgIpc) is 2.60. The highest BCUT2D eigenvalue weighted by Gasteiger charge is 2.06. The fraction of sp³-hybridized carbons (Fsp3) is 0.118. The molecule has 0 heterocycles. The van der Waals surface area contributed by atoms with Gasteiger partial charge in [0.2, 0.25) is 5.91 Å². The Morgan fingerprint density at radius 2 is 1.83 bits per heavy atom. The fourth-order valence-corrected chi connectivity index (χ4v) is 1.99. The predicted molar refractivity (Wildman–Crippen MR) is 90.3 cm³/mol. The average molecular weight is 328 g/mol. The number of nitrogens with one attached hydrogen (secondary N) is 1. The maximum absolute atomic E-state index is 12.0. The minimum absolute atomic E-state index is 0.0374. The van der Waals surface area contributed by atoms with Gasteiger partial charge in [0.1, 0.15) is 11.5 Å². The predicted octanol–water partition coefficient (Wildman–Crippen LogP) is 3.26. The van der Waals surface area contributed by atoms with Crippen LogP contribution in [0.2, 0.25) is 0 Å². The number of nitro benzene ring substituents is 1. The van der Waals surface area contributed by atoms with Crippen LogP contribution in [0.25, 0.3) is 6.08 Å². The Balaban J connectivity index is 2.08. The summed E-state index contributed by atoms with van der Waals surface area (Å²) in [5, 5.41) is 13.2. The molecule has 0 bridgehead atoms. The number of amides is 1. The lowest BCUT2D eigenvalue weighted by atomic mass is 10.1. The molecule has 7 nitrogen and oxygen atoms in total.